The minimum Gasteiger partial charge on any atom is -0.493 e. The standard InChI is InChI=1S/C15H13BrF2O3/c1-20-13-6-10(12(18)7-14(13)21-2)15(19)9-4-3-8(17)5-11(9)16/h3-7,15,19H,1-2H3. The minimum absolute atomic E-state index is 0.0139. The normalized spacial score (nSPS) is 12.1. The van der Waals surface area contributed by atoms with Gasteiger partial charge in [0.15, 0.2) is 11.5 Å². The molecule has 0 saturated heterocycles. The van der Waals surface area contributed by atoms with E-state index < -0.39 is 17.7 Å². The second-order valence-corrected chi connectivity index (χ2v) is 5.15. The lowest BCUT2D eigenvalue weighted by molar-refractivity contribution is 0.213. The first-order chi connectivity index (χ1) is 9.97. The zero-order valence-electron chi connectivity index (χ0n) is 11.4. The number of ether oxygens (including phenoxy) is 2. The van der Waals surface area contributed by atoms with Gasteiger partial charge in [0.2, 0.25) is 0 Å². The molecule has 1 unspecified atom stereocenters. The molecule has 0 spiro atoms. The number of hydrogen-bond acceptors (Lipinski definition) is 3. The Morgan fingerprint density at radius 3 is 2.19 bits per heavy atom. The van der Waals surface area contributed by atoms with Gasteiger partial charge in [-0.2, -0.15) is 0 Å². The highest BCUT2D eigenvalue weighted by molar-refractivity contribution is 9.10. The Bertz CT molecular complexity index is 662. The van der Waals surface area contributed by atoms with E-state index in [-0.39, 0.29) is 11.3 Å². The highest BCUT2D eigenvalue weighted by atomic mass is 79.9. The fraction of sp³-hybridized carbons (Fsp3) is 0.200. The molecule has 2 aromatic rings. The van der Waals surface area contributed by atoms with Crippen molar-refractivity contribution in [3.8, 4) is 11.5 Å². The number of aliphatic hydroxyl groups excluding tert-OH is 1. The van der Waals surface area contributed by atoms with Crippen LogP contribution in [0.3, 0.4) is 0 Å². The van der Waals surface area contributed by atoms with E-state index in [2.05, 4.69) is 15.9 Å². The van der Waals surface area contributed by atoms with E-state index in [1.165, 1.54) is 38.5 Å². The van der Waals surface area contributed by atoms with Gasteiger partial charge in [-0.25, -0.2) is 8.78 Å². The van der Waals surface area contributed by atoms with Crippen molar-refractivity contribution < 1.29 is 23.4 Å². The number of halogens is 3. The molecular formula is C15H13BrF2O3. The lowest BCUT2D eigenvalue weighted by Gasteiger charge is -2.16. The van der Waals surface area contributed by atoms with Crippen molar-refractivity contribution in [2.45, 2.75) is 6.10 Å². The summed E-state index contributed by atoms with van der Waals surface area (Å²) >= 11 is 3.15. The Hall–Kier alpha value is -1.66. The molecule has 0 radical (unpaired) electrons. The van der Waals surface area contributed by atoms with Gasteiger partial charge in [-0.15, -0.1) is 0 Å². The fourth-order valence-corrected chi connectivity index (χ4v) is 2.54. The summed E-state index contributed by atoms with van der Waals surface area (Å²) in [5.74, 6) is -0.572. The Morgan fingerprint density at radius 1 is 1.00 bits per heavy atom. The number of benzene rings is 2. The maximum Gasteiger partial charge on any atom is 0.163 e. The minimum atomic E-state index is -1.26. The van der Waals surface area contributed by atoms with E-state index in [0.29, 0.717) is 15.8 Å². The summed E-state index contributed by atoms with van der Waals surface area (Å²) in [6, 6.07) is 6.28. The molecule has 0 aliphatic heterocycles. The van der Waals surface area contributed by atoms with Crippen LogP contribution in [0.1, 0.15) is 17.2 Å². The highest BCUT2D eigenvalue weighted by Gasteiger charge is 2.21. The molecule has 1 atom stereocenters. The Morgan fingerprint density at radius 2 is 1.62 bits per heavy atom. The van der Waals surface area contributed by atoms with Crippen molar-refractivity contribution in [1.29, 1.82) is 0 Å². The van der Waals surface area contributed by atoms with Crippen molar-refractivity contribution in [2.24, 2.45) is 0 Å². The van der Waals surface area contributed by atoms with E-state index in [1.807, 2.05) is 0 Å². The van der Waals surface area contributed by atoms with Gasteiger partial charge in [-0.3, -0.25) is 0 Å². The molecule has 112 valence electrons. The summed E-state index contributed by atoms with van der Waals surface area (Å²) in [7, 11) is 2.81. The van der Waals surface area contributed by atoms with Crippen LogP contribution in [0.4, 0.5) is 8.78 Å². The van der Waals surface area contributed by atoms with Gasteiger partial charge in [-0.1, -0.05) is 22.0 Å². The van der Waals surface area contributed by atoms with Gasteiger partial charge in [0.25, 0.3) is 0 Å². The van der Waals surface area contributed by atoms with Crippen LogP contribution < -0.4 is 9.47 Å². The maximum absolute atomic E-state index is 14.1. The molecular weight excluding hydrogens is 346 g/mol. The SMILES string of the molecule is COc1cc(F)c(C(O)c2ccc(F)cc2Br)cc1OC. The molecule has 2 aromatic carbocycles. The number of aliphatic hydroxyl groups is 1. The van der Waals surface area contributed by atoms with Gasteiger partial charge in [0.05, 0.1) is 14.2 Å². The summed E-state index contributed by atoms with van der Waals surface area (Å²) in [6.45, 7) is 0. The van der Waals surface area contributed by atoms with Crippen molar-refractivity contribution in [3.63, 3.8) is 0 Å². The third-order valence-corrected chi connectivity index (χ3v) is 3.74. The molecule has 3 nitrogen and oxygen atoms in total. The topological polar surface area (TPSA) is 38.7 Å². The van der Waals surface area contributed by atoms with Gasteiger partial charge in [0.1, 0.15) is 17.7 Å². The molecule has 6 heteroatoms. The molecule has 1 N–H and O–H groups in total. The molecule has 0 aliphatic carbocycles. The third-order valence-electron chi connectivity index (χ3n) is 3.05. The Kier molecular flexibility index (Phi) is 4.80. The van der Waals surface area contributed by atoms with E-state index in [1.54, 1.807) is 0 Å². The largest absolute Gasteiger partial charge is 0.493 e. The third kappa shape index (κ3) is 3.16. The second-order valence-electron chi connectivity index (χ2n) is 4.30. The molecule has 0 heterocycles. The van der Waals surface area contributed by atoms with Gasteiger partial charge >= 0.3 is 0 Å². The van der Waals surface area contributed by atoms with Crippen LogP contribution in [0.25, 0.3) is 0 Å². The molecule has 0 aliphatic rings. The van der Waals surface area contributed by atoms with Gasteiger partial charge < -0.3 is 14.6 Å². The zero-order valence-corrected chi connectivity index (χ0v) is 12.9. The smallest absolute Gasteiger partial charge is 0.163 e. The van der Waals surface area contributed by atoms with Crippen LogP contribution >= 0.6 is 15.9 Å². The second kappa shape index (κ2) is 6.41. The highest BCUT2D eigenvalue weighted by Crippen LogP contribution is 2.36. The maximum atomic E-state index is 14.1. The van der Waals surface area contributed by atoms with Crippen LogP contribution in [0.2, 0.25) is 0 Å². The molecule has 0 saturated carbocycles. The summed E-state index contributed by atoms with van der Waals surface area (Å²) < 4.78 is 37.6. The predicted octanol–water partition coefficient (Wildman–Crippen LogP) is 3.83. The monoisotopic (exact) mass is 358 g/mol. The summed E-state index contributed by atoms with van der Waals surface area (Å²) in [6.07, 6.45) is -1.26. The average Bonchev–Trinajstić information content (AvgIpc) is 2.46. The van der Waals surface area contributed by atoms with E-state index >= 15 is 0 Å². The summed E-state index contributed by atoms with van der Waals surface area (Å²) in [5.41, 5.74) is 0.363. The first-order valence-corrected chi connectivity index (χ1v) is 6.81. The molecule has 0 fully saturated rings. The Labute approximate surface area is 129 Å². The number of hydrogen-bond donors (Lipinski definition) is 1. The quantitative estimate of drug-likeness (QED) is 0.902. The van der Waals surface area contributed by atoms with E-state index in [0.717, 1.165) is 6.07 Å². The van der Waals surface area contributed by atoms with Crippen molar-refractivity contribution in [1.82, 2.24) is 0 Å². The summed E-state index contributed by atoms with van der Waals surface area (Å²) in [5, 5.41) is 10.3. The van der Waals surface area contributed by atoms with Gasteiger partial charge in [0, 0.05) is 16.1 Å². The average molecular weight is 359 g/mol. The van der Waals surface area contributed by atoms with E-state index in [4.69, 9.17) is 9.47 Å². The van der Waals surface area contributed by atoms with Crippen LogP contribution in [-0.2, 0) is 0 Å². The number of rotatable bonds is 4. The zero-order chi connectivity index (χ0) is 15.6. The first kappa shape index (κ1) is 15.7. The molecule has 0 bridgehead atoms. The van der Waals surface area contributed by atoms with Crippen LogP contribution in [0.5, 0.6) is 11.5 Å². The summed E-state index contributed by atoms with van der Waals surface area (Å²) in [4.78, 5) is 0. The van der Waals surface area contributed by atoms with Crippen LogP contribution in [0.15, 0.2) is 34.8 Å². The molecule has 0 aromatic heterocycles. The van der Waals surface area contributed by atoms with Crippen molar-refractivity contribution in [3.05, 3.63) is 57.6 Å². The van der Waals surface area contributed by atoms with Crippen molar-refractivity contribution in [2.75, 3.05) is 14.2 Å². The van der Waals surface area contributed by atoms with Crippen LogP contribution in [-0.4, -0.2) is 19.3 Å². The molecule has 2 rings (SSSR count). The lowest BCUT2D eigenvalue weighted by Crippen LogP contribution is -2.05. The Balaban J connectivity index is 2.50. The fourth-order valence-electron chi connectivity index (χ4n) is 1.97. The molecule has 0 amide bonds. The van der Waals surface area contributed by atoms with E-state index in [9.17, 15) is 13.9 Å². The van der Waals surface area contributed by atoms with Crippen molar-refractivity contribution >= 4 is 15.9 Å². The lowest BCUT2D eigenvalue weighted by atomic mass is 10.0. The van der Waals surface area contributed by atoms with Gasteiger partial charge in [-0.05, 0) is 23.8 Å². The molecule has 21 heavy (non-hydrogen) atoms. The van der Waals surface area contributed by atoms with Crippen LogP contribution in [0, 0.1) is 11.6 Å². The predicted molar refractivity (Wildman–Crippen MR) is 77.7 cm³/mol. The number of methoxy groups -OCH3 is 2. The first-order valence-electron chi connectivity index (χ1n) is 6.02.